The van der Waals surface area contributed by atoms with Crippen LogP contribution in [0.4, 0.5) is 8.78 Å². The molecule has 0 aliphatic carbocycles. The summed E-state index contributed by atoms with van der Waals surface area (Å²) in [5.74, 6) is -4.03. The van der Waals surface area contributed by atoms with Crippen LogP contribution in [0.25, 0.3) is 11.3 Å². The van der Waals surface area contributed by atoms with Gasteiger partial charge in [-0.25, -0.2) is 14.5 Å². The van der Waals surface area contributed by atoms with Crippen LogP contribution in [0, 0.1) is 0 Å². The van der Waals surface area contributed by atoms with Crippen molar-refractivity contribution in [2.75, 3.05) is 0 Å². The van der Waals surface area contributed by atoms with E-state index in [9.17, 15) is 18.7 Å². The van der Waals surface area contributed by atoms with E-state index in [-0.39, 0.29) is 12.0 Å². The van der Waals surface area contributed by atoms with Gasteiger partial charge in [0.2, 0.25) is 5.82 Å². The first kappa shape index (κ1) is 22.5. The summed E-state index contributed by atoms with van der Waals surface area (Å²) in [4.78, 5) is 20.0. The SMILES string of the molecule is CCCCn1nc(C(F)(F)CCC)nc1Cc1ccc(-c2ccccc2C(=O)O)nc1. The van der Waals surface area contributed by atoms with Crippen molar-refractivity contribution < 1.29 is 18.7 Å². The normalized spacial score (nSPS) is 11.6. The Hall–Kier alpha value is -3.16. The largest absolute Gasteiger partial charge is 0.478 e. The molecule has 0 amide bonds. The van der Waals surface area contributed by atoms with Gasteiger partial charge < -0.3 is 5.11 Å². The van der Waals surface area contributed by atoms with E-state index in [1.165, 1.54) is 6.07 Å². The molecule has 0 spiro atoms. The number of rotatable bonds is 10. The fourth-order valence-electron chi connectivity index (χ4n) is 3.34. The third-order valence-corrected chi connectivity index (χ3v) is 4.98. The molecule has 6 nitrogen and oxygen atoms in total. The molecule has 3 aromatic rings. The molecule has 1 aromatic carbocycles. The van der Waals surface area contributed by atoms with Crippen LogP contribution in [0.2, 0.25) is 0 Å². The van der Waals surface area contributed by atoms with Gasteiger partial charge in [0, 0.05) is 31.1 Å². The summed E-state index contributed by atoms with van der Waals surface area (Å²) < 4.78 is 30.3. The lowest BCUT2D eigenvalue weighted by Crippen LogP contribution is -2.15. The Labute approximate surface area is 180 Å². The monoisotopic (exact) mass is 428 g/mol. The molecule has 31 heavy (non-hydrogen) atoms. The van der Waals surface area contributed by atoms with Crippen LogP contribution in [-0.4, -0.2) is 30.8 Å². The molecule has 164 valence electrons. The molecule has 0 bridgehead atoms. The number of aryl methyl sites for hydroxylation is 1. The molecule has 2 heterocycles. The summed E-state index contributed by atoms with van der Waals surface area (Å²) in [6.07, 6.45) is 3.72. The minimum Gasteiger partial charge on any atom is -0.478 e. The quantitative estimate of drug-likeness (QED) is 0.473. The number of aromatic carboxylic acids is 1. The molecular formula is C23H26F2N4O2. The molecule has 0 saturated carbocycles. The zero-order chi connectivity index (χ0) is 22.4. The van der Waals surface area contributed by atoms with E-state index in [4.69, 9.17) is 0 Å². The van der Waals surface area contributed by atoms with Crippen LogP contribution in [-0.2, 0) is 18.9 Å². The number of alkyl halides is 2. The van der Waals surface area contributed by atoms with Gasteiger partial charge in [0.1, 0.15) is 5.82 Å². The van der Waals surface area contributed by atoms with Crippen LogP contribution < -0.4 is 0 Å². The van der Waals surface area contributed by atoms with Gasteiger partial charge in [-0.1, -0.05) is 44.5 Å². The minimum absolute atomic E-state index is 0.171. The molecule has 0 unspecified atom stereocenters. The topological polar surface area (TPSA) is 80.9 Å². The molecular weight excluding hydrogens is 402 g/mol. The predicted molar refractivity (Wildman–Crippen MR) is 113 cm³/mol. The van der Waals surface area contributed by atoms with Crippen molar-refractivity contribution in [3.8, 4) is 11.3 Å². The van der Waals surface area contributed by atoms with Crippen LogP contribution >= 0.6 is 0 Å². The van der Waals surface area contributed by atoms with E-state index >= 15 is 0 Å². The van der Waals surface area contributed by atoms with Gasteiger partial charge >= 0.3 is 11.9 Å². The molecule has 0 fully saturated rings. The first-order valence-corrected chi connectivity index (χ1v) is 10.4. The van der Waals surface area contributed by atoms with E-state index in [0.717, 1.165) is 18.4 Å². The average Bonchev–Trinajstić information content (AvgIpc) is 3.16. The fraction of sp³-hybridized carbons (Fsp3) is 0.391. The van der Waals surface area contributed by atoms with Crippen LogP contribution in [0.5, 0.6) is 0 Å². The zero-order valence-corrected chi connectivity index (χ0v) is 17.7. The molecule has 1 N–H and O–H groups in total. The Morgan fingerprint density at radius 1 is 1.13 bits per heavy atom. The highest BCUT2D eigenvalue weighted by Crippen LogP contribution is 2.31. The fourth-order valence-corrected chi connectivity index (χ4v) is 3.34. The van der Waals surface area contributed by atoms with Gasteiger partial charge in [0.15, 0.2) is 0 Å². The van der Waals surface area contributed by atoms with E-state index < -0.39 is 17.7 Å². The first-order valence-electron chi connectivity index (χ1n) is 10.4. The van der Waals surface area contributed by atoms with E-state index in [1.54, 1.807) is 42.1 Å². The van der Waals surface area contributed by atoms with E-state index in [1.807, 2.05) is 13.0 Å². The number of nitrogens with zero attached hydrogens (tertiary/aromatic N) is 4. The van der Waals surface area contributed by atoms with Crippen LogP contribution in [0.1, 0.15) is 67.1 Å². The summed E-state index contributed by atoms with van der Waals surface area (Å²) in [7, 11) is 0. The molecule has 3 rings (SSSR count). The molecule has 0 aliphatic heterocycles. The summed E-state index contributed by atoms with van der Waals surface area (Å²) in [6, 6.07) is 10.2. The Kier molecular flexibility index (Phi) is 7.09. The maximum Gasteiger partial charge on any atom is 0.336 e. The third kappa shape index (κ3) is 5.31. The number of aromatic nitrogens is 4. The van der Waals surface area contributed by atoms with E-state index in [0.29, 0.717) is 36.5 Å². The van der Waals surface area contributed by atoms with Crippen molar-refractivity contribution in [1.29, 1.82) is 0 Å². The van der Waals surface area contributed by atoms with Gasteiger partial charge in [-0.2, -0.15) is 8.78 Å². The van der Waals surface area contributed by atoms with Crippen molar-refractivity contribution in [3.63, 3.8) is 0 Å². The molecule has 2 aromatic heterocycles. The predicted octanol–water partition coefficient (Wildman–Crippen LogP) is 5.32. The van der Waals surface area contributed by atoms with Gasteiger partial charge in [-0.15, -0.1) is 5.10 Å². The lowest BCUT2D eigenvalue weighted by molar-refractivity contribution is -0.0232. The van der Waals surface area contributed by atoms with Gasteiger partial charge in [0.05, 0.1) is 11.3 Å². The number of carboxylic acids is 1. The molecule has 0 aliphatic rings. The van der Waals surface area contributed by atoms with Crippen molar-refractivity contribution in [2.24, 2.45) is 0 Å². The van der Waals surface area contributed by atoms with Crippen LogP contribution in [0.3, 0.4) is 0 Å². The molecule has 0 atom stereocenters. The van der Waals surface area contributed by atoms with Crippen LogP contribution in [0.15, 0.2) is 42.6 Å². The maximum absolute atomic E-state index is 14.4. The number of carbonyl (C=O) groups is 1. The number of carboxylic acid groups (broad SMARTS) is 1. The summed E-state index contributed by atoms with van der Waals surface area (Å²) >= 11 is 0. The second-order valence-electron chi connectivity index (χ2n) is 7.46. The Morgan fingerprint density at radius 3 is 2.55 bits per heavy atom. The van der Waals surface area contributed by atoms with Gasteiger partial charge in [-0.05, 0) is 30.5 Å². The zero-order valence-electron chi connectivity index (χ0n) is 17.7. The van der Waals surface area contributed by atoms with Gasteiger partial charge in [-0.3, -0.25) is 4.98 Å². The average molecular weight is 428 g/mol. The Balaban J connectivity index is 1.87. The highest BCUT2D eigenvalue weighted by Gasteiger charge is 2.36. The Morgan fingerprint density at radius 2 is 1.90 bits per heavy atom. The number of hydrogen-bond acceptors (Lipinski definition) is 4. The maximum atomic E-state index is 14.4. The molecule has 8 heteroatoms. The lowest BCUT2D eigenvalue weighted by Gasteiger charge is -2.10. The lowest BCUT2D eigenvalue weighted by atomic mass is 10.0. The highest BCUT2D eigenvalue weighted by molar-refractivity contribution is 5.95. The summed E-state index contributed by atoms with van der Waals surface area (Å²) in [6.45, 7) is 4.26. The number of pyridine rings is 1. The first-order chi connectivity index (χ1) is 14.9. The van der Waals surface area contributed by atoms with Gasteiger partial charge in [0.25, 0.3) is 0 Å². The minimum atomic E-state index is -3.05. The summed E-state index contributed by atoms with van der Waals surface area (Å²) in [5, 5.41) is 13.5. The Bertz CT molecular complexity index is 1030. The van der Waals surface area contributed by atoms with Crippen molar-refractivity contribution >= 4 is 5.97 Å². The molecule has 0 saturated heterocycles. The number of halogens is 2. The number of hydrogen-bond donors (Lipinski definition) is 1. The highest BCUT2D eigenvalue weighted by atomic mass is 19.3. The number of unbranched alkanes of at least 4 members (excludes halogenated alkanes) is 1. The van der Waals surface area contributed by atoms with E-state index in [2.05, 4.69) is 15.1 Å². The van der Waals surface area contributed by atoms with Crippen molar-refractivity contribution in [2.45, 2.75) is 58.4 Å². The van der Waals surface area contributed by atoms with Crippen molar-refractivity contribution in [3.05, 3.63) is 65.4 Å². The van der Waals surface area contributed by atoms with Crippen molar-refractivity contribution in [1.82, 2.24) is 19.7 Å². The number of benzene rings is 1. The smallest absolute Gasteiger partial charge is 0.336 e. The molecule has 0 radical (unpaired) electrons. The third-order valence-electron chi connectivity index (χ3n) is 4.98. The second-order valence-corrected chi connectivity index (χ2v) is 7.46. The summed E-state index contributed by atoms with van der Waals surface area (Å²) in [5.41, 5.74) is 2.01. The standard InChI is InChI=1S/C23H26F2N4O2/c1-3-5-13-29-20(27-22(28-29)23(24,25)12-4-2)14-16-10-11-19(26-15-16)17-8-6-7-9-18(17)21(30)31/h6-11,15H,3-5,12-14H2,1-2H3,(H,30,31). The second kappa shape index (κ2) is 9.76.